The Balaban J connectivity index is 2.23. The van der Waals surface area contributed by atoms with E-state index in [1.807, 2.05) is 44.2 Å². The van der Waals surface area contributed by atoms with Gasteiger partial charge in [0, 0.05) is 10.5 Å². The fourth-order valence-corrected chi connectivity index (χ4v) is 3.62. The molecule has 1 unspecified atom stereocenters. The van der Waals surface area contributed by atoms with Crippen molar-refractivity contribution < 1.29 is 19.0 Å². The Hall–Kier alpha value is -2.47. The van der Waals surface area contributed by atoms with E-state index in [1.165, 1.54) is 5.56 Å². The molecule has 5 nitrogen and oxygen atoms in total. The number of amides is 1. The van der Waals surface area contributed by atoms with Crippen molar-refractivity contribution in [1.82, 2.24) is 5.32 Å². The molecule has 0 aromatic heterocycles. The van der Waals surface area contributed by atoms with Crippen LogP contribution in [0.3, 0.4) is 0 Å². The van der Waals surface area contributed by atoms with Crippen molar-refractivity contribution in [1.29, 1.82) is 0 Å². The average Bonchev–Trinajstić information content (AvgIpc) is 2.74. The number of hydrogen-bond donors (Lipinski definition) is 1. The van der Waals surface area contributed by atoms with Crippen LogP contribution in [-0.4, -0.2) is 27.2 Å². The molecule has 156 valence electrons. The number of ether oxygens (including phenoxy) is 3. The van der Waals surface area contributed by atoms with E-state index in [1.54, 1.807) is 27.4 Å². The highest BCUT2D eigenvalue weighted by Gasteiger charge is 2.19. The van der Waals surface area contributed by atoms with E-state index in [0.29, 0.717) is 23.7 Å². The van der Waals surface area contributed by atoms with E-state index < -0.39 is 0 Å². The third-order valence-electron chi connectivity index (χ3n) is 4.92. The van der Waals surface area contributed by atoms with E-state index in [-0.39, 0.29) is 11.9 Å². The molecule has 0 saturated carbocycles. The van der Waals surface area contributed by atoms with Gasteiger partial charge in [-0.05, 0) is 76.7 Å². The van der Waals surface area contributed by atoms with Gasteiger partial charge in [0.2, 0.25) is 11.7 Å². The molecule has 6 heteroatoms. The molecule has 1 amide bonds. The first-order valence-corrected chi connectivity index (χ1v) is 10.2. The number of rotatable bonds is 8. The van der Waals surface area contributed by atoms with E-state index in [9.17, 15) is 4.79 Å². The number of methoxy groups -OCH3 is 3. The summed E-state index contributed by atoms with van der Waals surface area (Å²) in [6.07, 6.45) is 4.08. The second kappa shape index (κ2) is 10.3. The Morgan fingerprint density at radius 3 is 2.24 bits per heavy atom. The fraction of sp³-hybridized carbons (Fsp3) is 0.348. The molecule has 0 heterocycles. The zero-order chi connectivity index (χ0) is 21.6. The molecule has 0 aliphatic heterocycles. The molecule has 1 atom stereocenters. The minimum absolute atomic E-state index is 0.171. The zero-order valence-electron chi connectivity index (χ0n) is 17.8. The summed E-state index contributed by atoms with van der Waals surface area (Å²) in [6.45, 7) is 6.12. The van der Waals surface area contributed by atoms with Crippen LogP contribution < -0.4 is 19.5 Å². The van der Waals surface area contributed by atoms with E-state index in [4.69, 9.17) is 14.2 Å². The smallest absolute Gasteiger partial charge is 0.244 e. The molecule has 0 bridgehead atoms. The lowest BCUT2D eigenvalue weighted by atomic mass is 10.0. The monoisotopic (exact) mass is 461 g/mol. The molecular weight excluding hydrogens is 434 g/mol. The fourth-order valence-electron chi connectivity index (χ4n) is 3.04. The molecule has 2 aromatic carbocycles. The Labute approximate surface area is 181 Å². The summed E-state index contributed by atoms with van der Waals surface area (Å²) in [5, 5.41) is 3.05. The van der Waals surface area contributed by atoms with Gasteiger partial charge < -0.3 is 19.5 Å². The summed E-state index contributed by atoms with van der Waals surface area (Å²) in [5.41, 5.74) is 4.21. The summed E-state index contributed by atoms with van der Waals surface area (Å²) in [4.78, 5) is 12.6. The van der Waals surface area contributed by atoms with Crippen LogP contribution >= 0.6 is 15.9 Å². The molecule has 1 N–H and O–H groups in total. The average molecular weight is 462 g/mol. The number of carbonyl (C=O) groups excluding carboxylic acids is 1. The van der Waals surface area contributed by atoms with Crippen LogP contribution in [-0.2, 0) is 4.79 Å². The summed E-state index contributed by atoms with van der Waals surface area (Å²) in [6, 6.07) is 7.57. The normalized spacial score (nSPS) is 12.0. The van der Waals surface area contributed by atoms with Crippen LogP contribution in [0.4, 0.5) is 0 Å². The summed E-state index contributed by atoms with van der Waals surface area (Å²) in [5.74, 6) is 1.48. The van der Waals surface area contributed by atoms with Crippen molar-refractivity contribution in [3.05, 3.63) is 57.1 Å². The van der Waals surface area contributed by atoms with Crippen molar-refractivity contribution in [3.8, 4) is 17.2 Å². The predicted octanol–water partition coefficient (Wildman–Crippen LogP) is 5.37. The molecule has 0 radical (unpaired) electrons. The maximum atomic E-state index is 12.6. The van der Waals surface area contributed by atoms with E-state index in [2.05, 4.69) is 28.2 Å². The molecule has 0 spiro atoms. The summed E-state index contributed by atoms with van der Waals surface area (Å²) >= 11 is 3.61. The standard InChI is InChI=1S/C23H28BrNO4/c1-7-18(17-12-19(27-4)23(29-6)20(13-17)28-5)25-21(26)11-10-16-9-8-14(2)15(3)22(16)24/h8-13,18H,7H2,1-6H3,(H,25,26)/b11-10+. The number of halogens is 1. The Kier molecular flexibility index (Phi) is 8.14. The maximum Gasteiger partial charge on any atom is 0.244 e. The van der Waals surface area contributed by atoms with Crippen LogP contribution in [0, 0.1) is 13.8 Å². The minimum atomic E-state index is -0.191. The van der Waals surface area contributed by atoms with E-state index in [0.717, 1.165) is 21.2 Å². The predicted molar refractivity (Wildman–Crippen MR) is 120 cm³/mol. The van der Waals surface area contributed by atoms with Gasteiger partial charge in [-0.3, -0.25) is 4.79 Å². The molecule has 2 aromatic rings. The van der Waals surface area contributed by atoms with Gasteiger partial charge in [-0.1, -0.05) is 19.1 Å². The van der Waals surface area contributed by atoms with Gasteiger partial charge in [0.25, 0.3) is 0 Å². The lowest BCUT2D eigenvalue weighted by Crippen LogP contribution is -2.26. The second-order valence-electron chi connectivity index (χ2n) is 6.67. The first kappa shape index (κ1) is 22.8. The Bertz CT molecular complexity index is 883. The molecule has 0 aliphatic rings. The van der Waals surface area contributed by atoms with Crippen LogP contribution in [0.5, 0.6) is 17.2 Å². The molecule has 29 heavy (non-hydrogen) atoms. The van der Waals surface area contributed by atoms with Crippen molar-refractivity contribution in [3.63, 3.8) is 0 Å². The van der Waals surface area contributed by atoms with Crippen molar-refractivity contribution in [2.75, 3.05) is 21.3 Å². The third kappa shape index (κ3) is 5.32. The maximum absolute atomic E-state index is 12.6. The number of benzene rings is 2. The second-order valence-corrected chi connectivity index (χ2v) is 7.47. The van der Waals surface area contributed by atoms with Gasteiger partial charge in [0.05, 0.1) is 27.4 Å². The quantitative estimate of drug-likeness (QED) is 0.536. The lowest BCUT2D eigenvalue weighted by Gasteiger charge is -2.20. The lowest BCUT2D eigenvalue weighted by molar-refractivity contribution is -0.117. The number of nitrogens with one attached hydrogen (secondary N) is 1. The SMILES string of the molecule is CCC(NC(=O)/C=C/c1ccc(C)c(C)c1Br)c1cc(OC)c(OC)c(OC)c1. The third-order valence-corrected chi connectivity index (χ3v) is 5.97. The van der Waals surface area contributed by atoms with Crippen LogP contribution in [0.1, 0.15) is 41.6 Å². The van der Waals surface area contributed by atoms with Crippen molar-refractivity contribution in [2.45, 2.75) is 33.2 Å². The van der Waals surface area contributed by atoms with Gasteiger partial charge in [-0.2, -0.15) is 0 Å². The van der Waals surface area contributed by atoms with Crippen LogP contribution in [0.25, 0.3) is 6.08 Å². The highest BCUT2D eigenvalue weighted by molar-refractivity contribution is 9.10. The molecule has 0 saturated heterocycles. The number of aryl methyl sites for hydroxylation is 1. The van der Waals surface area contributed by atoms with Crippen molar-refractivity contribution in [2.24, 2.45) is 0 Å². The van der Waals surface area contributed by atoms with E-state index >= 15 is 0 Å². The van der Waals surface area contributed by atoms with Crippen molar-refractivity contribution >= 4 is 27.9 Å². The molecule has 2 rings (SSSR count). The zero-order valence-corrected chi connectivity index (χ0v) is 19.3. The van der Waals surface area contributed by atoms with Crippen LogP contribution in [0.15, 0.2) is 34.8 Å². The minimum Gasteiger partial charge on any atom is -0.493 e. The largest absolute Gasteiger partial charge is 0.493 e. The molecular formula is C23H28BrNO4. The van der Waals surface area contributed by atoms with Gasteiger partial charge in [-0.15, -0.1) is 0 Å². The van der Waals surface area contributed by atoms with Gasteiger partial charge in [0.15, 0.2) is 11.5 Å². The topological polar surface area (TPSA) is 56.8 Å². The summed E-state index contributed by atoms with van der Waals surface area (Å²) in [7, 11) is 4.71. The molecule has 0 fully saturated rings. The first-order valence-electron chi connectivity index (χ1n) is 9.40. The van der Waals surface area contributed by atoms with Gasteiger partial charge in [-0.25, -0.2) is 0 Å². The van der Waals surface area contributed by atoms with Gasteiger partial charge >= 0.3 is 0 Å². The number of carbonyl (C=O) groups is 1. The summed E-state index contributed by atoms with van der Waals surface area (Å²) < 4.78 is 17.2. The first-order chi connectivity index (χ1) is 13.9. The van der Waals surface area contributed by atoms with Crippen LogP contribution in [0.2, 0.25) is 0 Å². The van der Waals surface area contributed by atoms with Gasteiger partial charge in [0.1, 0.15) is 0 Å². The molecule has 0 aliphatic carbocycles. The number of hydrogen-bond acceptors (Lipinski definition) is 4. The Morgan fingerprint density at radius 2 is 1.72 bits per heavy atom. The highest BCUT2D eigenvalue weighted by atomic mass is 79.9. The Morgan fingerprint density at radius 1 is 1.10 bits per heavy atom. The highest BCUT2D eigenvalue weighted by Crippen LogP contribution is 2.40.